The molecule has 0 bridgehead atoms. The van der Waals surface area contributed by atoms with E-state index in [1.54, 1.807) is 42.9 Å². The number of carbonyl (C=O) groups excluding carboxylic acids is 1. The van der Waals surface area contributed by atoms with Crippen LogP contribution in [0.2, 0.25) is 0 Å². The van der Waals surface area contributed by atoms with Crippen molar-refractivity contribution in [2.45, 2.75) is 13.0 Å². The normalized spacial score (nSPS) is 14.4. The summed E-state index contributed by atoms with van der Waals surface area (Å²) in [5, 5.41) is 0. The summed E-state index contributed by atoms with van der Waals surface area (Å²) in [5.74, 6) is 3.46. The summed E-state index contributed by atoms with van der Waals surface area (Å²) in [5.41, 5.74) is 2.55. The number of benzene rings is 3. The number of thiazole rings is 1. The Kier molecular flexibility index (Phi) is 9.14. The molecular weight excluding hydrogens is 632 g/mol. The zero-order valence-corrected chi connectivity index (χ0v) is 26.0. The summed E-state index contributed by atoms with van der Waals surface area (Å²) in [7, 11) is 3.11. The maximum atomic E-state index is 14.1. The summed E-state index contributed by atoms with van der Waals surface area (Å²) in [6.07, 6.45) is 7.11. The number of hydrogen-bond donors (Lipinski definition) is 0. The van der Waals surface area contributed by atoms with Crippen LogP contribution in [-0.2, 0) is 9.53 Å². The van der Waals surface area contributed by atoms with Crippen LogP contribution in [0, 0.1) is 12.3 Å². The lowest BCUT2D eigenvalue weighted by Gasteiger charge is -2.26. The molecule has 2 heterocycles. The molecule has 10 heteroatoms. The minimum Gasteiger partial charge on any atom is -0.497 e. The molecule has 0 amide bonds. The highest BCUT2D eigenvalue weighted by molar-refractivity contribution is 9.10. The Morgan fingerprint density at radius 3 is 2.51 bits per heavy atom. The van der Waals surface area contributed by atoms with Crippen LogP contribution in [0.5, 0.6) is 17.2 Å². The Hall–Kier alpha value is -4.59. The van der Waals surface area contributed by atoms with Gasteiger partial charge >= 0.3 is 5.97 Å². The van der Waals surface area contributed by atoms with E-state index in [0.29, 0.717) is 47.9 Å². The number of terminal acetylenes is 1. The molecule has 218 valence electrons. The smallest absolute Gasteiger partial charge is 0.338 e. The molecule has 1 aliphatic rings. The number of nitrogens with zero attached hydrogens (tertiary/aromatic N) is 2. The third-order valence-electron chi connectivity index (χ3n) is 6.65. The Morgan fingerprint density at radius 1 is 1.12 bits per heavy atom. The second-order valence-electron chi connectivity index (χ2n) is 9.23. The van der Waals surface area contributed by atoms with Gasteiger partial charge in [-0.3, -0.25) is 9.36 Å². The van der Waals surface area contributed by atoms with Crippen LogP contribution in [0.25, 0.3) is 11.8 Å². The predicted octanol–water partition coefficient (Wildman–Crippen LogP) is 4.73. The number of carbonyl (C=O) groups is 1. The number of methoxy groups -OCH3 is 2. The third-order valence-corrected chi connectivity index (χ3v) is 8.23. The molecule has 0 radical (unpaired) electrons. The number of aromatic nitrogens is 1. The lowest BCUT2D eigenvalue weighted by molar-refractivity contribution is -0.138. The molecule has 1 aromatic heterocycles. The molecular formula is C33H27BrN2O6S. The van der Waals surface area contributed by atoms with Crippen LogP contribution in [0.4, 0.5) is 0 Å². The molecule has 8 nitrogen and oxygen atoms in total. The van der Waals surface area contributed by atoms with E-state index >= 15 is 0 Å². The lowest BCUT2D eigenvalue weighted by atomic mass is 9.93. The summed E-state index contributed by atoms with van der Waals surface area (Å²) in [6, 6.07) is 19.4. The highest BCUT2D eigenvalue weighted by Crippen LogP contribution is 2.38. The van der Waals surface area contributed by atoms with Gasteiger partial charge in [0.1, 0.15) is 12.4 Å². The van der Waals surface area contributed by atoms with Gasteiger partial charge in [-0.25, -0.2) is 9.79 Å². The van der Waals surface area contributed by atoms with Gasteiger partial charge in [-0.15, -0.1) is 6.42 Å². The van der Waals surface area contributed by atoms with Crippen molar-refractivity contribution in [3.63, 3.8) is 0 Å². The Morgan fingerprint density at radius 2 is 1.86 bits per heavy atom. The van der Waals surface area contributed by atoms with Crippen molar-refractivity contribution in [3.05, 3.63) is 113 Å². The van der Waals surface area contributed by atoms with Crippen LogP contribution >= 0.6 is 27.3 Å². The van der Waals surface area contributed by atoms with E-state index in [-0.39, 0.29) is 24.3 Å². The van der Waals surface area contributed by atoms with Gasteiger partial charge in [0.25, 0.3) is 5.56 Å². The molecule has 0 spiro atoms. The SMILES string of the molecule is C#CCOc1c(Br)cc(/C=c2\sc3n(c2=O)[C@@H](c2ccc(OC)cc2)C(C(=O)OCC)=C(c2ccccc2)N=3)cc1OC. The predicted molar refractivity (Wildman–Crippen MR) is 169 cm³/mol. The standard InChI is InChI=1S/C33H27BrN2O6S/c1-5-16-42-30-24(34)17-20(18-25(30)40-4)19-26-31(37)36-29(22-12-14-23(39-3)15-13-22)27(32(38)41-6-2)28(35-33(36)43-26)21-10-8-7-9-11-21/h1,7-15,17-19,29H,6,16H2,2-4H3/b26-19-/t29-/m0/s1. The van der Waals surface area contributed by atoms with Crippen molar-refractivity contribution in [2.75, 3.05) is 27.4 Å². The third kappa shape index (κ3) is 6.00. The van der Waals surface area contributed by atoms with Crippen molar-refractivity contribution < 1.29 is 23.7 Å². The summed E-state index contributed by atoms with van der Waals surface area (Å²) in [6.45, 7) is 1.99. The molecule has 0 saturated carbocycles. The molecule has 1 atom stereocenters. The Bertz CT molecular complexity index is 1920. The minimum atomic E-state index is -0.792. The first-order valence-electron chi connectivity index (χ1n) is 13.3. The Balaban J connectivity index is 1.77. The van der Waals surface area contributed by atoms with Crippen LogP contribution in [0.1, 0.15) is 29.7 Å². The van der Waals surface area contributed by atoms with Crippen molar-refractivity contribution in [3.8, 4) is 29.6 Å². The fourth-order valence-electron chi connectivity index (χ4n) is 4.77. The molecule has 43 heavy (non-hydrogen) atoms. The van der Waals surface area contributed by atoms with Gasteiger partial charge < -0.3 is 18.9 Å². The molecule has 3 aromatic carbocycles. The van der Waals surface area contributed by atoms with E-state index in [0.717, 1.165) is 5.56 Å². The first-order valence-corrected chi connectivity index (χ1v) is 14.9. The van der Waals surface area contributed by atoms with Crippen molar-refractivity contribution in [2.24, 2.45) is 4.99 Å². The quantitative estimate of drug-likeness (QED) is 0.191. The first-order chi connectivity index (χ1) is 20.9. The maximum Gasteiger partial charge on any atom is 0.338 e. The van der Waals surface area contributed by atoms with Gasteiger partial charge in [0.05, 0.1) is 47.1 Å². The Labute approximate surface area is 260 Å². The first kappa shape index (κ1) is 29.9. The van der Waals surface area contributed by atoms with Crippen molar-refractivity contribution in [1.82, 2.24) is 4.57 Å². The van der Waals surface area contributed by atoms with Gasteiger partial charge in [-0.05, 0) is 64.3 Å². The average molecular weight is 660 g/mol. The van der Waals surface area contributed by atoms with Gasteiger partial charge in [-0.1, -0.05) is 59.7 Å². The maximum absolute atomic E-state index is 14.1. The number of esters is 1. The van der Waals surface area contributed by atoms with E-state index in [1.165, 1.54) is 18.4 Å². The number of fused-ring (bicyclic) bond motifs is 1. The monoisotopic (exact) mass is 658 g/mol. The van der Waals surface area contributed by atoms with Gasteiger partial charge in [0.2, 0.25) is 0 Å². The van der Waals surface area contributed by atoms with Crippen molar-refractivity contribution >= 4 is 45.0 Å². The minimum absolute atomic E-state index is 0.0742. The van der Waals surface area contributed by atoms with E-state index in [1.807, 2.05) is 48.5 Å². The summed E-state index contributed by atoms with van der Waals surface area (Å²) >= 11 is 4.75. The second-order valence-corrected chi connectivity index (χ2v) is 11.1. The van der Waals surface area contributed by atoms with Gasteiger partial charge in [-0.2, -0.15) is 0 Å². The molecule has 0 aliphatic carbocycles. The fraction of sp³-hybridized carbons (Fsp3) is 0.182. The molecule has 4 aromatic rings. The van der Waals surface area contributed by atoms with Crippen LogP contribution in [0.15, 0.2) is 86.6 Å². The molecule has 0 unspecified atom stereocenters. The van der Waals surface area contributed by atoms with E-state index in [9.17, 15) is 9.59 Å². The second kappa shape index (κ2) is 13.2. The van der Waals surface area contributed by atoms with Crippen LogP contribution in [0.3, 0.4) is 0 Å². The largest absolute Gasteiger partial charge is 0.497 e. The zero-order chi connectivity index (χ0) is 30.5. The van der Waals surface area contributed by atoms with E-state index in [4.69, 9.17) is 30.4 Å². The van der Waals surface area contributed by atoms with Crippen LogP contribution < -0.4 is 29.1 Å². The van der Waals surface area contributed by atoms with Crippen LogP contribution in [-0.4, -0.2) is 38.0 Å². The number of ether oxygens (including phenoxy) is 4. The van der Waals surface area contributed by atoms with E-state index < -0.39 is 12.0 Å². The fourth-order valence-corrected chi connectivity index (χ4v) is 6.35. The van der Waals surface area contributed by atoms with E-state index in [2.05, 4.69) is 21.9 Å². The zero-order valence-electron chi connectivity index (χ0n) is 23.6. The molecule has 0 saturated heterocycles. The molecule has 0 fully saturated rings. The topological polar surface area (TPSA) is 88.4 Å². The highest BCUT2D eigenvalue weighted by Gasteiger charge is 2.35. The lowest BCUT2D eigenvalue weighted by Crippen LogP contribution is -2.40. The number of halogens is 1. The summed E-state index contributed by atoms with van der Waals surface area (Å²) < 4.78 is 24.6. The number of hydrogen-bond acceptors (Lipinski definition) is 8. The molecule has 1 aliphatic heterocycles. The molecule has 0 N–H and O–H groups in total. The molecule has 5 rings (SSSR count). The average Bonchev–Trinajstić information content (AvgIpc) is 3.34. The van der Waals surface area contributed by atoms with Crippen molar-refractivity contribution in [1.29, 1.82) is 0 Å². The number of rotatable bonds is 9. The van der Waals surface area contributed by atoms with Gasteiger partial charge in [0, 0.05) is 5.56 Å². The summed E-state index contributed by atoms with van der Waals surface area (Å²) in [4.78, 5) is 33.1. The highest BCUT2D eigenvalue weighted by atomic mass is 79.9. The van der Waals surface area contributed by atoms with Gasteiger partial charge in [0.15, 0.2) is 16.3 Å².